The number of nitrogens with one attached hydrogen (secondary N) is 1. The highest BCUT2D eigenvalue weighted by atomic mass is 35.5. The largest absolute Gasteiger partial charge is 0.495 e. The Labute approximate surface area is 180 Å². The van der Waals surface area contributed by atoms with Gasteiger partial charge in [-0.3, -0.25) is 9.10 Å². The van der Waals surface area contributed by atoms with Crippen LogP contribution < -0.4 is 23.8 Å². The SMILES string of the molecule is COc1ccc(N(CC(=O)N[C@H](C)c2ccc3c(c2)OCCO3)S(C)(=O)=O)cc1Cl. The van der Waals surface area contributed by atoms with Crippen molar-refractivity contribution in [2.75, 3.05) is 37.4 Å². The highest BCUT2D eigenvalue weighted by molar-refractivity contribution is 7.92. The molecule has 10 heteroatoms. The first-order valence-corrected chi connectivity index (χ1v) is 11.4. The van der Waals surface area contributed by atoms with Gasteiger partial charge in [-0.2, -0.15) is 0 Å². The van der Waals surface area contributed by atoms with E-state index in [9.17, 15) is 13.2 Å². The zero-order chi connectivity index (χ0) is 21.9. The second kappa shape index (κ2) is 9.01. The lowest BCUT2D eigenvalue weighted by Gasteiger charge is -2.24. The molecule has 0 aromatic heterocycles. The number of hydrogen-bond acceptors (Lipinski definition) is 6. The highest BCUT2D eigenvalue weighted by Crippen LogP contribution is 2.33. The van der Waals surface area contributed by atoms with E-state index in [4.69, 9.17) is 25.8 Å². The molecular formula is C20H23ClN2O6S. The van der Waals surface area contributed by atoms with Crippen LogP contribution in [0.2, 0.25) is 5.02 Å². The van der Waals surface area contributed by atoms with Crippen molar-refractivity contribution in [2.45, 2.75) is 13.0 Å². The molecule has 0 saturated heterocycles. The normalized spacial score (nSPS) is 14.0. The topological polar surface area (TPSA) is 94.2 Å². The predicted molar refractivity (Wildman–Crippen MR) is 114 cm³/mol. The summed E-state index contributed by atoms with van der Waals surface area (Å²) in [6, 6.07) is 9.57. The standard InChI is InChI=1S/C20H23ClN2O6S/c1-13(14-4-6-18-19(10-14)29-9-8-28-18)22-20(24)12-23(30(3,25)26)15-5-7-17(27-2)16(21)11-15/h4-7,10-11,13H,8-9,12H2,1-3H3,(H,22,24)/t13-/m1/s1. The molecule has 1 heterocycles. The van der Waals surface area contributed by atoms with Gasteiger partial charge in [0.2, 0.25) is 15.9 Å². The van der Waals surface area contributed by atoms with E-state index in [1.807, 2.05) is 6.07 Å². The van der Waals surface area contributed by atoms with Crippen molar-refractivity contribution in [3.8, 4) is 17.2 Å². The van der Waals surface area contributed by atoms with Crippen LogP contribution in [0, 0.1) is 0 Å². The molecule has 2 aromatic carbocycles. The van der Waals surface area contributed by atoms with E-state index in [1.54, 1.807) is 25.1 Å². The molecule has 30 heavy (non-hydrogen) atoms. The van der Waals surface area contributed by atoms with Crippen LogP contribution in [-0.4, -0.2) is 47.4 Å². The van der Waals surface area contributed by atoms with Gasteiger partial charge in [0.25, 0.3) is 0 Å². The van der Waals surface area contributed by atoms with Crippen molar-refractivity contribution < 1.29 is 27.4 Å². The molecule has 0 spiro atoms. The first-order chi connectivity index (χ1) is 14.2. The molecule has 162 valence electrons. The van der Waals surface area contributed by atoms with Gasteiger partial charge in [-0.1, -0.05) is 17.7 Å². The molecule has 0 radical (unpaired) electrons. The Morgan fingerprint density at radius 3 is 2.53 bits per heavy atom. The third kappa shape index (κ3) is 5.09. The number of nitrogens with zero attached hydrogens (tertiary/aromatic N) is 1. The van der Waals surface area contributed by atoms with Gasteiger partial charge in [0.05, 0.1) is 30.1 Å². The summed E-state index contributed by atoms with van der Waals surface area (Å²) in [4.78, 5) is 12.6. The molecule has 1 aliphatic rings. The summed E-state index contributed by atoms with van der Waals surface area (Å²) in [6.07, 6.45) is 1.03. The van der Waals surface area contributed by atoms with Crippen molar-refractivity contribution in [3.63, 3.8) is 0 Å². The lowest BCUT2D eigenvalue weighted by Crippen LogP contribution is -2.41. The minimum absolute atomic E-state index is 0.244. The van der Waals surface area contributed by atoms with Gasteiger partial charge < -0.3 is 19.5 Å². The Morgan fingerprint density at radius 2 is 1.90 bits per heavy atom. The Kier molecular flexibility index (Phi) is 6.62. The number of halogens is 1. The average Bonchev–Trinajstić information content (AvgIpc) is 2.70. The van der Waals surface area contributed by atoms with Crippen molar-refractivity contribution >= 4 is 33.2 Å². The van der Waals surface area contributed by atoms with Crippen LogP contribution in [0.4, 0.5) is 5.69 Å². The monoisotopic (exact) mass is 454 g/mol. The molecule has 0 unspecified atom stereocenters. The van der Waals surface area contributed by atoms with Crippen LogP contribution in [0.3, 0.4) is 0 Å². The first kappa shape index (κ1) is 22.0. The number of anilines is 1. The zero-order valence-corrected chi connectivity index (χ0v) is 18.4. The lowest BCUT2D eigenvalue weighted by atomic mass is 10.1. The Bertz CT molecular complexity index is 1040. The number of benzene rings is 2. The van der Waals surface area contributed by atoms with Gasteiger partial charge >= 0.3 is 0 Å². The number of fused-ring (bicyclic) bond motifs is 1. The molecule has 2 aromatic rings. The summed E-state index contributed by atoms with van der Waals surface area (Å²) in [5.41, 5.74) is 1.08. The minimum atomic E-state index is -3.73. The third-order valence-electron chi connectivity index (χ3n) is 4.55. The minimum Gasteiger partial charge on any atom is -0.495 e. The van der Waals surface area contributed by atoms with Crippen molar-refractivity contribution in [1.29, 1.82) is 0 Å². The number of carbonyl (C=O) groups excluding carboxylic acids is 1. The van der Waals surface area contributed by atoms with E-state index in [2.05, 4.69) is 5.32 Å². The molecule has 0 bridgehead atoms. The number of rotatable bonds is 7. The van der Waals surface area contributed by atoms with Crippen molar-refractivity contribution in [1.82, 2.24) is 5.32 Å². The van der Waals surface area contributed by atoms with Gasteiger partial charge in [-0.15, -0.1) is 0 Å². The summed E-state index contributed by atoms with van der Waals surface area (Å²) in [5.74, 6) is 1.22. The fourth-order valence-corrected chi connectivity index (χ4v) is 4.14. The molecular weight excluding hydrogens is 432 g/mol. The van der Waals surface area contributed by atoms with Crippen LogP contribution in [-0.2, 0) is 14.8 Å². The summed E-state index contributed by atoms with van der Waals surface area (Å²) in [6.45, 7) is 2.37. The molecule has 1 atom stereocenters. The van der Waals surface area contributed by atoms with E-state index in [0.717, 1.165) is 16.1 Å². The van der Waals surface area contributed by atoms with Crippen LogP contribution in [0.25, 0.3) is 0 Å². The molecule has 0 fully saturated rings. The average molecular weight is 455 g/mol. The van der Waals surface area contributed by atoms with Crippen LogP contribution in [0.5, 0.6) is 17.2 Å². The first-order valence-electron chi connectivity index (χ1n) is 9.19. The van der Waals surface area contributed by atoms with E-state index in [1.165, 1.54) is 19.2 Å². The molecule has 1 aliphatic heterocycles. The Morgan fingerprint density at radius 1 is 1.20 bits per heavy atom. The molecule has 0 saturated carbocycles. The highest BCUT2D eigenvalue weighted by Gasteiger charge is 2.23. The lowest BCUT2D eigenvalue weighted by molar-refractivity contribution is -0.120. The number of carbonyl (C=O) groups is 1. The Hall–Kier alpha value is -2.65. The molecule has 3 rings (SSSR count). The second-order valence-electron chi connectivity index (χ2n) is 6.78. The summed E-state index contributed by atoms with van der Waals surface area (Å²) < 4.78 is 41.7. The van der Waals surface area contributed by atoms with Gasteiger partial charge in [0.15, 0.2) is 11.5 Å². The molecule has 0 aliphatic carbocycles. The maximum absolute atomic E-state index is 12.6. The maximum atomic E-state index is 12.6. The van der Waals surface area contributed by atoms with Crippen molar-refractivity contribution in [2.24, 2.45) is 0 Å². The fourth-order valence-electron chi connectivity index (χ4n) is 3.04. The smallest absolute Gasteiger partial charge is 0.241 e. The number of sulfonamides is 1. The number of methoxy groups -OCH3 is 1. The van der Waals surface area contributed by atoms with E-state index < -0.39 is 22.5 Å². The van der Waals surface area contributed by atoms with E-state index >= 15 is 0 Å². The van der Waals surface area contributed by atoms with Gasteiger partial charge in [0.1, 0.15) is 25.5 Å². The number of amides is 1. The molecule has 8 nitrogen and oxygen atoms in total. The second-order valence-corrected chi connectivity index (χ2v) is 9.09. The molecule has 1 N–H and O–H groups in total. The van der Waals surface area contributed by atoms with Crippen LogP contribution in [0.1, 0.15) is 18.5 Å². The fraction of sp³-hybridized carbons (Fsp3) is 0.350. The van der Waals surface area contributed by atoms with E-state index in [0.29, 0.717) is 30.5 Å². The van der Waals surface area contributed by atoms with Gasteiger partial charge in [-0.25, -0.2) is 8.42 Å². The summed E-state index contributed by atoms with van der Waals surface area (Å²) in [5, 5.41) is 3.06. The predicted octanol–water partition coefficient (Wildman–Crippen LogP) is 2.76. The van der Waals surface area contributed by atoms with Crippen LogP contribution >= 0.6 is 11.6 Å². The number of hydrogen-bond donors (Lipinski definition) is 1. The quantitative estimate of drug-likeness (QED) is 0.691. The summed E-state index contributed by atoms with van der Waals surface area (Å²) >= 11 is 6.11. The van der Waals surface area contributed by atoms with Gasteiger partial charge in [0, 0.05) is 0 Å². The zero-order valence-electron chi connectivity index (χ0n) is 16.8. The van der Waals surface area contributed by atoms with Crippen molar-refractivity contribution in [3.05, 3.63) is 47.0 Å². The van der Waals surface area contributed by atoms with Crippen LogP contribution in [0.15, 0.2) is 36.4 Å². The Balaban J connectivity index is 1.74. The maximum Gasteiger partial charge on any atom is 0.241 e. The molecule has 1 amide bonds. The summed E-state index contributed by atoms with van der Waals surface area (Å²) in [7, 11) is -2.27. The third-order valence-corrected chi connectivity index (χ3v) is 5.99. The van der Waals surface area contributed by atoms with Gasteiger partial charge in [-0.05, 0) is 42.8 Å². The van der Waals surface area contributed by atoms with E-state index in [-0.39, 0.29) is 16.8 Å². The number of ether oxygens (including phenoxy) is 3.